The van der Waals surface area contributed by atoms with E-state index in [2.05, 4.69) is 24.0 Å². The molecular weight excluding hydrogens is 324 g/mol. The molecule has 2 aromatic heterocycles. The highest BCUT2D eigenvalue weighted by Crippen LogP contribution is 2.27. The van der Waals surface area contributed by atoms with Gasteiger partial charge in [0.2, 0.25) is 5.91 Å². The van der Waals surface area contributed by atoms with Gasteiger partial charge in [-0.1, -0.05) is 25.6 Å². The zero-order valence-electron chi connectivity index (χ0n) is 14.7. The fourth-order valence-corrected chi connectivity index (χ4v) is 4.19. The largest absolute Gasteiger partial charge is 0.469 e. The summed E-state index contributed by atoms with van der Waals surface area (Å²) in [5, 5.41) is 9.21. The second kappa shape index (κ2) is 7.01. The molecule has 1 aliphatic heterocycles. The Morgan fingerprint density at radius 3 is 2.67 bits per heavy atom. The lowest BCUT2D eigenvalue weighted by molar-refractivity contribution is -0.130. The Morgan fingerprint density at radius 2 is 2.04 bits per heavy atom. The molecule has 24 heavy (non-hydrogen) atoms. The highest BCUT2D eigenvalue weighted by atomic mass is 32.2. The van der Waals surface area contributed by atoms with E-state index in [1.165, 1.54) is 18.2 Å². The average molecular weight is 348 g/mol. The van der Waals surface area contributed by atoms with Gasteiger partial charge in [-0.05, 0) is 31.2 Å². The number of rotatable bonds is 4. The number of hydrogen-bond donors (Lipinski definition) is 0. The molecule has 0 aromatic carbocycles. The summed E-state index contributed by atoms with van der Waals surface area (Å²) in [6.07, 6.45) is 2.85. The van der Waals surface area contributed by atoms with E-state index in [1.54, 1.807) is 6.26 Å². The van der Waals surface area contributed by atoms with E-state index in [9.17, 15) is 4.79 Å². The molecule has 0 aliphatic carbocycles. The number of furan rings is 1. The maximum absolute atomic E-state index is 12.5. The summed E-state index contributed by atoms with van der Waals surface area (Å²) in [5.41, 5.74) is 0.932. The summed E-state index contributed by atoms with van der Waals surface area (Å²) in [6, 6.07) is 1.88. The number of carbonyl (C=O) groups excluding carboxylic acids is 1. The first kappa shape index (κ1) is 17.1. The summed E-state index contributed by atoms with van der Waals surface area (Å²) >= 11 is 1.44. The van der Waals surface area contributed by atoms with Gasteiger partial charge in [-0.3, -0.25) is 4.79 Å². The molecule has 0 radical (unpaired) electrons. The molecule has 0 unspecified atom stereocenters. The zero-order valence-corrected chi connectivity index (χ0v) is 15.5. The molecule has 3 heterocycles. The molecule has 0 bridgehead atoms. The SMILES string of the molecule is Cc1occc1-c1nnc(SCC(=O)N2C[C@H](C)C[C@H](C)C2)n1C. The molecular formula is C17H24N4O2S. The van der Waals surface area contributed by atoms with Crippen molar-refractivity contribution in [2.45, 2.75) is 32.3 Å². The van der Waals surface area contributed by atoms with Crippen molar-refractivity contribution in [3.8, 4) is 11.4 Å². The van der Waals surface area contributed by atoms with E-state index < -0.39 is 0 Å². The van der Waals surface area contributed by atoms with Crippen LogP contribution >= 0.6 is 11.8 Å². The van der Waals surface area contributed by atoms with Crippen LogP contribution in [-0.2, 0) is 11.8 Å². The van der Waals surface area contributed by atoms with Crippen molar-refractivity contribution in [2.75, 3.05) is 18.8 Å². The summed E-state index contributed by atoms with van der Waals surface area (Å²) in [6.45, 7) is 8.06. The van der Waals surface area contributed by atoms with Crippen LogP contribution in [0.4, 0.5) is 0 Å². The van der Waals surface area contributed by atoms with Crippen molar-refractivity contribution in [1.29, 1.82) is 0 Å². The topological polar surface area (TPSA) is 64.2 Å². The predicted octanol–water partition coefficient (Wildman–Crippen LogP) is 2.98. The number of thioether (sulfide) groups is 1. The molecule has 7 heteroatoms. The lowest BCUT2D eigenvalue weighted by Crippen LogP contribution is -2.43. The van der Waals surface area contributed by atoms with Gasteiger partial charge >= 0.3 is 0 Å². The lowest BCUT2D eigenvalue weighted by Gasteiger charge is -2.34. The summed E-state index contributed by atoms with van der Waals surface area (Å²) in [5.74, 6) is 3.31. The Hall–Kier alpha value is -1.76. The normalized spacial score (nSPS) is 21.2. The van der Waals surface area contributed by atoms with Crippen molar-refractivity contribution in [1.82, 2.24) is 19.7 Å². The number of aromatic nitrogens is 3. The van der Waals surface area contributed by atoms with Gasteiger partial charge in [-0.25, -0.2) is 0 Å². The van der Waals surface area contributed by atoms with Crippen LogP contribution in [0.5, 0.6) is 0 Å². The first-order valence-electron chi connectivity index (χ1n) is 8.30. The van der Waals surface area contributed by atoms with Gasteiger partial charge in [0, 0.05) is 20.1 Å². The standard InChI is InChI=1S/C17H24N4O2S/c1-11-7-12(2)9-21(8-11)15(22)10-24-17-19-18-16(20(17)4)14-5-6-23-13(14)3/h5-6,11-12H,7-10H2,1-4H3/t11-,12+. The van der Waals surface area contributed by atoms with E-state index in [1.807, 2.05) is 29.5 Å². The highest BCUT2D eigenvalue weighted by molar-refractivity contribution is 7.99. The van der Waals surface area contributed by atoms with Gasteiger partial charge in [0.25, 0.3) is 0 Å². The van der Waals surface area contributed by atoms with Crippen LogP contribution in [0.1, 0.15) is 26.0 Å². The number of nitrogens with zero attached hydrogens (tertiary/aromatic N) is 4. The number of piperidine rings is 1. The number of amides is 1. The molecule has 130 valence electrons. The fourth-order valence-electron chi connectivity index (χ4n) is 3.38. The maximum atomic E-state index is 12.5. The Labute approximate surface area is 146 Å². The molecule has 0 N–H and O–H groups in total. The number of aryl methyl sites for hydroxylation is 1. The molecule has 0 spiro atoms. The minimum Gasteiger partial charge on any atom is -0.469 e. The van der Waals surface area contributed by atoms with Crippen LogP contribution < -0.4 is 0 Å². The predicted molar refractivity (Wildman–Crippen MR) is 93.7 cm³/mol. The van der Waals surface area contributed by atoms with Crippen molar-refractivity contribution in [2.24, 2.45) is 18.9 Å². The molecule has 1 saturated heterocycles. The fraction of sp³-hybridized carbons (Fsp3) is 0.588. The molecule has 6 nitrogen and oxygen atoms in total. The summed E-state index contributed by atoms with van der Waals surface area (Å²) < 4.78 is 7.25. The molecule has 1 aliphatic rings. The molecule has 0 saturated carbocycles. The van der Waals surface area contributed by atoms with Crippen LogP contribution in [-0.4, -0.2) is 44.4 Å². The molecule has 1 fully saturated rings. The quantitative estimate of drug-likeness (QED) is 0.795. The number of carbonyl (C=O) groups is 1. The van der Waals surface area contributed by atoms with E-state index in [4.69, 9.17) is 4.42 Å². The van der Waals surface area contributed by atoms with E-state index in [0.29, 0.717) is 17.6 Å². The van der Waals surface area contributed by atoms with Gasteiger partial charge in [-0.2, -0.15) is 0 Å². The lowest BCUT2D eigenvalue weighted by atomic mass is 9.92. The summed E-state index contributed by atoms with van der Waals surface area (Å²) in [7, 11) is 1.92. The third kappa shape index (κ3) is 3.50. The Kier molecular flexibility index (Phi) is 4.99. The first-order valence-corrected chi connectivity index (χ1v) is 9.28. The maximum Gasteiger partial charge on any atom is 0.233 e. The van der Waals surface area contributed by atoms with Crippen molar-refractivity contribution in [3.63, 3.8) is 0 Å². The Bertz CT molecular complexity index is 714. The Balaban J connectivity index is 1.64. The number of likely N-dealkylation sites (tertiary alicyclic amines) is 1. The molecule has 3 rings (SSSR count). The summed E-state index contributed by atoms with van der Waals surface area (Å²) in [4.78, 5) is 14.5. The van der Waals surface area contributed by atoms with Crippen molar-refractivity contribution in [3.05, 3.63) is 18.1 Å². The first-order chi connectivity index (χ1) is 11.5. The average Bonchev–Trinajstić information content (AvgIpc) is 3.09. The number of hydrogen-bond acceptors (Lipinski definition) is 5. The monoisotopic (exact) mass is 348 g/mol. The van der Waals surface area contributed by atoms with Gasteiger partial charge in [0.05, 0.1) is 17.6 Å². The van der Waals surface area contributed by atoms with Crippen LogP contribution in [0.2, 0.25) is 0 Å². The zero-order chi connectivity index (χ0) is 17.3. The van der Waals surface area contributed by atoms with Crippen LogP contribution in [0, 0.1) is 18.8 Å². The van der Waals surface area contributed by atoms with Gasteiger partial charge in [0.1, 0.15) is 5.76 Å². The van der Waals surface area contributed by atoms with E-state index in [-0.39, 0.29) is 5.91 Å². The van der Waals surface area contributed by atoms with Crippen molar-refractivity contribution < 1.29 is 9.21 Å². The third-order valence-electron chi connectivity index (χ3n) is 4.48. The van der Waals surface area contributed by atoms with Gasteiger partial charge < -0.3 is 13.9 Å². The van der Waals surface area contributed by atoms with E-state index >= 15 is 0 Å². The minimum atomic E-state index is 0.183. The van der Waals surface area contributed by atoms with Crippen LogP contribution in [0.3, 0.4) is 0 Å². The second-order valence-electron chi connectivity index (χ2n) is 6.79. The van der Waals surface area contributed by atoms with Gasteiger partial charge in [0.15, 0.2) is 11.0 Å². The molecule has 1 amide bonds. The smallest absolute Gasteiger partial charge is 0.233 e. The highest BCUT2D eigenvalue weighted by Gasteiger charge is 2.25. The molecule has 2 aromatic rings. The van der Waals surface area contributed by atoms with Crippen molar-refractivity contribution >= 4 is 17.7 Å². The minimum absolute atomic E-state index is 0.183. The van der Waals surface area contributed by atoms with Gasteiger partial charge in [-0.15, -0.1) is 10.2 Å². The van der Waals surface area contributed by atoms with E-state index in [0.717, 1.165) is 35.4 Å². The van der Waals surface area contributed by atoms with Crippen LogP contribution in [0.15, 0.2) is 21.9 Å². The second-order valence-corrected chi connectivity index (χ2v) is 7.73. The third-order valence-corrected chi connectivity index (χ3v) is 5.49. The van der Waals surface area contributed by atoms with Crippen LogP contribution in [0.25, 0.3) is 11.4 Å². The Morgan fingerprint density at radius 1 is 1.33 bits per heavy atom. The molecule has 2 atom stereocenters.